The van der Waals surface area contributed by atoms with Gasteiger partial charge >= 0.3 is 0 Å². The van der Waals surface area contributed by atoms with Crippen LogP contribution in [0, 0.1) is 12.3 Å². The molecule has 0 amide bonds. The van der Waals surface area contributed by atoms with E-state index in [1.54, 1.807) is 11.8 Å². The van der Waals surface area contributed by atoms with E-state index in [9.17, 15) is 0 Å². The van der Waals surface area contributed by atoms with E-state index in [2.05, 4.69) is 32.3 Å². The summed E-state index contributed by atoms with van der Waals surface area (Å²) < 4.78 is 5.49. The highest BCUT2D eigenvalue weighted by Gasteiger charge is 2.09. The smallest absolute Gasteiger partial charge is 0.114 e. The van der Waals surface area contributed by atoms with Crippen LogP contribution >= 0.6 is 11.8 Å². The highest BCUT2D eigenvalue weighted by molar-refractivity contribution is 8.01. The first-order valence-electron chi connectivity index (χ1n) is 5.38. The molecule has 1 aromatic rings. The van der Waals surface area contributed by atoms with E-state index in [-0.39, 0.29) is 0 Å². The van der Waals surface area contributed by atoms with Gasteiger partial charge in [-0.05, 0) is 36.3 Å². The van der Waals surface area contributed by atoms with Crippen LogP contribution in [0.2, 0.25) is 0 Å². The summed E-state index contributed by atoms with van der Waals surface area (Å²) in [5.41, 5.74) is 0.312. The lowest BCUT2D eigenvalue weighted by atomic mass is 9.91. The SMILES string of the molecule is CCC(C)(C)/C=C/SCc1ccc(C)o1. The molecule has 0 unspecified atom stereocenters. The quantitative estimate of drug-likeness (QED) is 0.714. The molecule has 0 saturated carbocycles. The lowest BCUT2D eigenvalue weighted by Crippen LogP contribution is -2.03. The van der Waals surface area contributed by atoms with Crippen molar-refractivity contribution in [2.24, 2.45) is 5.41 Å². The number of allylic oxidation sites excluding steroid dienone is 1. The molecule has 0 aromatic carbocycles. The minimum absolute atomic E-state index is 0.312. The molecule has 0 aliphatic carbocycles. The Balaban J connectivity index is 2.33. The second-order valence-corrected chi connectivity index (χ2v) is 5.36. The number of rotatable bonds is 5. The topological polar surface area (TPSA) is 13.1 Å². The van der Waals surface area contributed by atoms with Crippen LogP contribution in [0.15, 0.2) is 28.0 Å². The normalized spacial score (nSPS) is 12.5. The van der Waals surface area contributed by atoms with Crippen LogP contribution in [0.25, 0.3) is 0 Å². The van der Waals surface area contributed by atoms with Crippen LogP contribution in [0.5, 0.6) is 0 Å². The Hall–Kier alpha value is -0.630. The first kappa shape index (κ1) is 12.4. The summed E-state index contributed by atoms with van der Waals surface area (Å²) in [5, 5.41) is 2.18. The molecule has 0 atom stereocenters. The predicted octanol–water partition coefficient (Wildman–Crippen LogP) is 4.77. The summed E-state index contributed by atoms with van der Waals surface area (Å²) in [4.78, 5) is 0. The number of hydrogen-bond acceptors (Lipinski definition) is 2. The lowest BCUT2D eigenvalue weighted by Gasteiger charge is -2.16. The molecule has 0 spiro atoms. The average molecular weight is 224 g/mol. The van der Waals surface area contributed by atoms with E-state index in [4.69, 9.17) is 4.42 Å². The zero-order valence-electron chi connectivity index (χ0n) is 10.0. The molecule has 0 aliphatic rings. The molecule has 0 radical (unpaired) electrons. The van der Waals surface area contributed by atoms with Crippen molar-refractivity contribution in [3.8, 4) is 0 Å². The first-order chi connectivity index (χ1) is 7.03. The summed E-state index contributed by atoms with van der Waals surface area (Å²) in [6.45, 7) is 8.69. The molecule has 84 valence electrons. The molecular weight excluding hydrogens is 204 g/mol. The Labute approximate surface area is 96.9 Å². The molecule has 2 heteroatoms. The van der Waals surface area contributed by atoms with E-state index in [1.807, 2.05) is 19.1 Å². The minimum Gasteiger partial charge on any atom is -0.465 e. The number of aryl methyl sites for hydroxylation is 1. The molecule has 0 aliphatic heterocycles. The van der Waals surface area contributed by atoms with Gasteiger partial charge in [-0.15, -0.1) is 11.8 Å². The summed E-state index contributed by atoms with van der Waals surface area (Å²) >= 11 is 1.79. The van der Waals surface area contributed by atoms with Gasteiger partial charge < -0.3 is 4.42 Å². The zero-order chi connectivity index (χ0) is 11.3. The summed E-state index contributed by atoms with van der Waals surface area (Å²) in [5.74, 6) is 2.96. The van der Waals surface area contributed by atoms with Crippen molar-refractivity contribution >= 4 is 11.8 Å². The highest BCUT2D eigenvalue weighted by Crippen LogP contribution is 2.24. The molecule has 15 heavy (non-hydrogen) atoms. The minimum atomic E-state index is 0.312. The Morgan fingerprint density at radius 1 is 1.40 bits per heavy atom. The van der Waals surface area contributed by atoms with Gasteiger partial charge in [0.2, 0.25) is 0 Å². The van der Waals surface area contributed by atoms with E-state index < -0.39 is 0 Å². The van der Waals surface area contributed by atoms with E-state index >= 15 is 0 Å². The van der Waals surface area contributed by atoms with Crippen molar-refractivity contribution in [1.29, 1.82) is 0 Å². The van der Waals surface area contributed by atoms with Crippen LogP contribution in [0.4, 0.5) is 0 Å². The molecule has 0 N–H and O–H groups in total. The fourth-order valence-electron chi connectivity index (χ4n) is 1.04. The van der Waals surface area contributed by atoms with Gasteiger partial charge in [0.25, 0.3) is 0 Å². The van der Waals surface area contributed by atoms with Gasteiger partial charge in [-0.1, -0.05) is 26.8 Å². The van der Waals surface area contributed by atoms with Gasteiger partial charge in [-0.25, -0.2) is 0 Å². The van der Waals surface area contributed by atoms with Gasteiger partial charge in [0.1, 0.15) is 11.5 Å². The third-order valence-corrected chi connectivity index (χ3v) is 3.33. The third kappa shape index (κ3) is 4.61. The first-order valence-corrected chi connectivity index (χ1v) is 6.43. The van der Waals surface area contributed by atoms with Crippen molar-refractivity contribution in [2.45, 2.75) is 39.9 Å². The van der Waals surface area contributed by atoms with Crippen molar-refractivity contribution in [1.82, 2.24) is 0 Å². The van der Waals surface area contributed by atoms with Crippen LogP contribution in [0.3, 0.4) is 0 Å². The van der Waals surface area contributed by atoms with Crippen LogP contribution in [-0.2, 0) is 5.75 Å². The highest BCUT2D eigenvalue weighted by atomic mass is 32.2. The van der Waals surface area contributed by atoms with Crippen molar-refractivity contribution in [3.05, 3.63) is 35.1 Å². The molecular formula is C13H20OS. The van der Waals surface area contributed by atoms with Crippen molar-refractivity contribution < 1.29 is 4.42 Å². The lowest BCUT2D eigenvalue weighted by molar-refractivity contribution is 0.463. The van der Waals surface area contributed by atoms with Gasteiger partial charge in [-0.2, -0.15) is 0 Å². The standard InChI is InChI=1S/C13H20OS/c1-5-13(3,4)8-9-15-10-12-7-6-11(2)14-12/h6-9H,5,10H2,1-4H3/b9-8+. The maximum absolute atomic E-state index is 5.49. The predicted molar refractivity (Wildman–Crippen MR) is 68.0 cm³/mol. The molecule has 0 fully saturated rings. The fourth-order valence-corrected chi connectivity index (χ4v) is 1.92. The maximum atomic E-state index is 5.49. The molecule has 1 heterocycles. The number of furan rings is 1. The second kappa shape index (κ2) is 5.45. The van der Waals surface area contributed by atoms with Gasteiger partial charge in [-0.3, -0.25) is 0 Å². The second-order valence-electron chi connectivity index (χ2n) is 4.47. The fraction of sp³-hybridized carbons (Fsp3) is 0.538. The van der Waals surface area contributed by atoms with Crippen LogP contribution in [0.1, 0.15) is 38.7 Å². The molecule has 0 saturated heterocycles. The largest absolute Gasteiger partial charge is 0.465 e. The van der Waals surface area contributed by atoms with Gasteiger partial charge in [0.15, 0.2) is 0 Å². The van der Waals surface area contributed by atoms with E-state index in [1.165, 1.54) is 6.42 Å². The maximum Gasteiger partial charge on any atom is 0.114 e. The van der Waals surface area contributed by atoms with Crippen molar-refractivity contribution in [2.75, 3.05) is 0 Å². The van der Waals surface area contributed by atoms with Gasteiger partial charge in [0.05, 0.1) is 5.75 Å². The van der Waals surface area contributed by atoms with Crippen LogP contribution < -0.4 is 0 Å². The Morgan fingerprint density at radius 3 is 2.67 bits per heavy atom. The zero-order valence-corrected chi connectivity index (χ0v) is 10.9. The number of hydrogen-bond donors (Lipinski definition) is 0. The summed E-state index contributed by atoms with van der Waals surface area (Å²) in [7, 11) is 0. The Kier molecular flexibility index (Phi) is 4.52. The Bertz CT molecular complexity index is 323. The van der Waals surface area contributed by atoms with E-state index in [0.717, 1.165) is 17.3 Å². The summed E-state index contributed by atoms with van der Waals surface area (Å²) in [6.07, 6.45) is 3.44. The average Bonchev–Trinajstić information content (AvgIpc) is 2.59. The third-order valence-electron chi connectivity index (χ3n) is 2.55. The molecule has 1 rings (SSSR count). The van der Waals surface area contributed by atoms with Gasteiger partial charge in [0, 0.05) is 0 Å². The van der Waals surface area contributed by atoms with Crippen molar-refractivity contribution in [3.63, 3.8) is 0 Å². The molecule has 1 nitrogen and oxygen atoms in total. The Morgan fingerprint density at radius 2 is 2.13 bits per heavy atom. The molecule has 1 aromatic heterocycles. The summed E-state index contributed by atoms with van der Waals surface area (Å²) in [6, 6.07) is 4.05. The monoisotopic (exact) mass is 224 g/mol. The van der Waals surface area contributed by atoms with E-state index in [0.29, 0.717) is 5.41 Å². The number of thioether (sulfide) groups is 1. The van der Waals surface area contributed by atoms with Crippen LogP contribution in [-0.4, -0.2) is 0 Å². The molecule has 0 bridgehead atoms.